The standard InChI is InChI=1S/C13H10Cl2N/c14-10-4-1-3-9(7-10)11-5-2-6-13(15)12(11)8-16/h1,3-7H,8,16H2. The second-order valence-electron chi connectivity index (χ2n) is 3.41. The highest BCUT2D eigenvalue weighted by Crippen LogP contribution is 2.29. The summed E-state index contributed by atoms with van der Waals surface area (Å²) in [6, 6.07) is 14.2. The van der Waals surface area contributed by atoms with E-state index in [1.54, 1.807) is 6.07 Å². The van der Waals surface area contributed by atoms with E-state index in [1.165, 1.54) is 0 Å². The molecule has 0 unspecified atom stereocenters. The Morgan fingerprint density at radius 3 is 2.69 bits per heavy atom. The highest BCUT2D eigenvalue weighted by molar-refractivity contribution is 6.32. The molecule has 1 radical (unpaired) electrons. The highest BCUT2D eigenvalue weighted by Gasteiger charge is 2.07. The predicted molar refractivity (Wildman–Crippen MR) is 68.6 cm³/mol. The van der Waals surface area contributed by atoms with Gasteiger partial charge in [0.05, 0.1) is 0 Å². The van der Waals surface area contributed by atoms with E-state index in [2.05, 4.69) is 6.07 Å². The monoisotopic (exact) mass is 250 g/mol. The number of hydrogen-bond donors (Lipinski definition) is 1. The second kappa shape index (κ2) is 4.88. The summed E-state index contributed by atoms with van der Waals surface area (Å²) < 4.78 is 0. The molecule has 2 N–H and O–H groups in total. The fraction of sp³-hybridized carbons (Fsp3) is 0.0769. The van der Waals surface area contributed by atoms with E-state index >= 15 is 0 Å². The Balaban J connectivity index is 2.60. The van der Waals surface area contributed by atoms with E-state index in [1.807, 2.05) is 30.3 Å². The Hall–Kier alpha value is -1.02. The van der Waals surface area contributed by atoms with Crippen molar-refractivity contribution in [3.8, 4) is 11.1 Å². The van der Waals surface area contributed by atoms with E-state index < -0.39 is 0 Å². The first-order valence-electron chi connectivity index (χ1n) is 4.87. The molecule has 0 bridgehead atoms. The van der Waals surface area contributed by atoms with Gasteiger partial charge in [-0.25, -0.2) is 0 Å². The number of hydrogen-bond acceptors (Lipinski definition) is 1. The maximum Gasteiger partial charge on any atom is 0.0463 e. The van der Waals surface area contributed by atoms with Gasteiger partial charge in [-0.2, -0.15) is 0 Å². The maximum atomic E-state index is 6.07. The molecule has 0 saturated carbocycles. The first-order valence-corrected chi connectivity index (χ1v) is 5.62. The lowest BCUT2D eigenvalue weighted by atomic mass is 10.00. The van der Waals surface area contributed by atoms with Gasteiger partial charge in [0, 0.05) is 16.6 Å². The quantitative estimate of drug-likeness (QED) is 0.860. The summed E-state index contributed by atoms with van der Waals surface area (Å²) in [5, 5.41) is 1.33. The van der Waals surface area contributed by atoms with Gasteiger partial charge in [0.15, 0.2) is 0 Å². The zero-order valence-corrected chi connectivity index (χ0v) is 10.0. The lowest BCUT2D eigenvalue weighted by molar-refractivity contribution is 1.07. The molecule has 0 amide bonds. The van der Waals surface area contributed by atoms with Gasteiger partial charge in [-0.15, -0.1) is 0 Å². The van der Waals surface area contributed by atoms with Crippen LogP contribution in [0.15, 0.2) is 36.4 Å². The summed E-state index contributed by atoms with van der Waals surface area (Å²) in [5.74, 6) is 0. The highest BCUT2D eigenvalue weighted by atomic mass is 35.5. The summed E-state index contributed by atoms with van der Waals surface area (Å²) in [6.45, 7) is 0.398. The van der Waals surface area contributed by atoms with Crippen molar-refractivity contribution in [2.75, 3.05) is 0 Å². The SMILES string of the molecule is NCc1c(Cl)c[c]cc1-c1cccc(Cl)c1. The van der Waals surface area contributed by atoms with E-state index in [0.717, 1.165) is 16.7 Å². The normalized spacial score (nSPS) is 10.4. The van der Waals surface area contributed by atoms with Crippen LogP contribution in [0.4, 0.5) is 0 Å². The van der Waals surface area contributed by atoms with Crippen LogP contribution in [0, 0.1) is 6.07 Å². The van der Waals surface area contributed by atoms with Crippen molar-refractivity contribution < 1.29 is 0 Å². The van der Waals surface area contributed by atoms with Crippen molar-refractivity contribution in [1.82, 2.24) is 0 Å². The molecule has 2 aromatic rings. The third-order valence-corrected chi connectivity index (χ3v) is 2.96. The lowest BCUT2D eigenvalue weighted by Crippen LogP contribution is -2.00. The maximum absolute atomic E-state index is 6.07. The molecular weight excluding hydrogens is 241 g/mol. The molecule has 0 aliphatic rings. The molecular formula is C13H10Cl2N. The van der Waals surface area contributed by atoms with Crippen molar-refractivity contribution in [1.29, 1.82) is 0 Å². The molecule has 2 aromatic carbocycles. The summed E-state index contributed by atoms with van der Waals surface area (Å²) in [5.41, 5.74) is 8.60. The molecule has 0 saturated heterocycles. The van der Waals surface area contributed by atoms with Crippen molar-refractivity contribution in [2.24, 2.45) is 5.73 Å². The molecule has 0 heterocycles. The molecule has 1 nitrogen and oxygen atoms in total. The van der Waals surface area contributed by atoms with Crippen molar-refractivity contribution >= 4 is 23.2 Å². The molecule has 0 spiro atoms. The third-order valence-electron chi connectivity index (χ3n) is 2.39. The minimum atomic E-state index is 0.398. The Bertz CT molecular complexity index is 509. The fourth-order valence-corrected chi connectivity index (χ4v) is 2.05. The Morgan fingerprint density at radius 1 is 1.19 bits per heavy atom. The minimum absolute atomic E-state index is 0.398. The Kier molecular flexibility index (Phi) is 3.49. The van der Waals surface area contributed by atoms with Gasteiger partial charge in [-0.3, -0.25) is 0 Å². The number of halogens is 2. The zero-order chi connectivity index (χ0) is 11.5. The van der Waals surface area contributed by atoms with Crippen LogP contribution in [0.1, 0.15) is 5.56 Å². The molecule has 0 aromatic heterocycles. The van der Waals surface area contributed by atoms with Crippen molar-refractivity contribution in [2.45, 2.75) is 6.54 Å². The Morgan fingerprint density at radius 2 is 2.00 bits per heavy atom. The first-order chi connectivity index (χ1) is 7.72. The van der Waals surface area contributed by atoms with Gasteiger partial charge in [-0.05, 0) is 47.0 Å². The van der Waals surface area contributed by atoms with E-state index in [4.69, 9.17) is 28.9 Å². The molecule has 81 valence electrons. The molecule has 0 aliphatic heterocycles. The predicted octanol–water partition coefficient (Wildman–Crippen LogP) is 3.92. The first kappa shape index (κ1) is 11.5. The lowest BCUT2D eigenvalue weighted by Gasteiger charge is -2.09. The minimum Gasteiger partial charge on any atom is -0.326 e. The van der Waals surface area contributed by atoms with Gasteiger partial charge in [0.1, 0.15) is 0 Å². The van der Waals surface area contributed by atoms with Crippen LogP contribution < -0.4 is 5.73 Å². The molecule has 16 heavy (non-hydrogen) atoms. The summed E-state index contributed by atoms with van der Waals surface area (Å²) in [7, 11) is 0. The van der Waals surface area contributed by atoms with Crippen molar-refractivity contribution in [3.05, 3.63) is 58.1 Å². The Labute approximate surface area is 105 Å². The van der Waals surface area contributed by atoms with Crippen LogP contribution in [-0.2, 0) is 6.54 Å². The van der Waals surface area contributed by atoms with Gasteiger partial charge in [-0.1, -0.05) is 35.3 Å². The fourth-order valence-electron chi connectivity index (χ4n) is 1.62. The van der Waals surface area contributed by atoms with E-state index in [0.29, 0.717) is 16.6 Å². The van der Waals surface area contributed by atoms with E-state index in [9.17, 15) is 0 Å². The average Bonchev–Trinajstić information content (AvgIpc) is 2.28. The smallest absolute Gasteiger partial charge is 0.0463 e. The second-order valence-corrected chi connectivity index (χ2v) is 4.25. The topological polar surface area (TPSA) is 26.0 Å². The van der Waals surface area contributed by atoms with Crippen LogP contribution in [0.5, 0.6) is 0 Å². The molecule has 0 fully saturated rings. The van der Waals surface area contributed by atoms with Gasteiger partial charge < -0.3 is 5.73 Å². The molecule has 0 atom stereocenters. The number of rotatable bonds is 2. The molecule has 3 heteroatoms. The van der Waals surface area contributed by atoms with Gasteiger partial charge in [0.25, 0.3) is 0 Å². The van der Waals surface area contributed by atoms with Crippen LogP contribution in [0.3, 0.4) is 0 Å². The number of benzene rings is 2. The average molecular weight is 251 g/mol. The van der Waals surface area contributed by atoms with Crippen LogP contribution in [0.25, 0.3) is 11.1 Å². The van der Waals surface area contributed by atoms with Crippen LogP contribution in [0.2, 0.25) is 10.0 Å². The molecule has 0 aliphatic carbocycles. The molecule has 2 rings (SSSR count). The van der Waals surface area contributed by atoms with Crippen molar-refractivity contribution in [3.63, 3.8) is 0 Å². The zero-order valence-electron chi connectivity index (χ0n) is 8.50. The van der Waals surface area contributed by atoms with Crippen LogP contribution in [-0.4, -0.2) is 0 Å². The van der Waals surface area contributed by atoms with Crippen LogP contribution >= 0.6 is 23.2 Å². The summed E-state index contributed by atoms with van der Waals surface area (Å²) in [4.78, 5) is 0. The van der Waals surface area contributed by atoms with Gasteiger partial charge in [0.2, 0.25) is 0 Å². The third kappa shape index (κ3) is 2.22. The number of nitrogens with two attached hydrogens (primary N) is 1. The van der Waals surface area contributed by atoms with Gasteiger partial charge >= 0.3 is 0 Å². The summed E-state index contributed by atoms with van der Waals surface area (Å²) >= 11 is 12.0. The largest absolute Gasteiger partial charge is 0.326 e. The summed E-state index contributed by atoms with van der Waals surface area (Å²) in [6.07, 6.45) is 0. The van der Waals surface area contributed by atoms with E-state index in [-0.39, 0.29) is 0 Å².